The first-order chi connectivity index (χ1) is 13.8. The van der Waals surface area contributed by atoms with E-state index in [9.17, 15) is 8.42 Å². The predicted octanol–water partition coefficient (Wildman–Crippen LogP) is 5.39. The largest absolute Gasteiger partial charge is 0.391 e. The van der Waals surface area contributed by atoms with Crippen LogP contribution in [0.4, 0.5) is 0 Å². The summed E-state index contributed by atoms with van der Waals surface area (Å²) in [7, 11) is -3.25. The molecule has 6 heteroatoms. The number of rotatable bonds is 7. The Morgan fingerprint density at radius 1 is 0.966 bits per heavy atom. The van der Waals surface area contributed by atoms with Gasteiger partial charge in [-0.2, -0.15) is 0 Å². The van der Waals surface area contributed by atoms with Gasteiger partial charge >= 0.3 is 0 Å². The monoisotopic (exact) mass is 471 g/mol. The molecule has 0 atom stereocenters. The third-order valence-corrected chi connectivity index (χ3v) is 5.83. The van der Waals surface area contributed by atoms with Gasteiger partial charge < -0.3 is 4.84 Å². The Hall–Kier alpha value is -2.44. The predicted molar refractivity (Wildman–Crippen MR) is 122 cm³/mol. The smallest absolute Gasteiger partial charge is 0.153 e. The van der Waals surface area contributed by atoms with E-state index in [0.29, 0.717) is 11.3 Å². The highest BCUT2D eigenvalue weighted by Crippen LogP contribution is 2.26. The zero-order chi connectivity index (χ0) is 20.9. The molecule has 150 valence electrons. The summed E-state index contributed by atoms with van der Waals surface area (Å²) >= 11 is 3.38. The highest BCUT2D eigenvalue weighted by Gasteiger charge is 2.13. The average Bonchev–Trinajstić information content (AvgIpc) is 2.69. The van der Waals surface area contributed by atoms with E-state index in [1.54, 1.807) is 0 Å². The molecule has 3 rings (SSSR count). The van der Waals surface area contributed by atoms with Crippen LogP contribution < -0.4 is 0 Å². The van der Waals surface area contributed by atoms with Gasteiger partial charge in [-0.1, -0.05) is 81.7 Å². The lowest BCUT2D eigenvalue weighted by Gasteiger charge is -2.12. The van der Waals surface area contributed by atoms with Gasteiger partial charge in [0.2, 0.25) is 0 Å². The van der Waals surface area contributed by atoms with E-state index in [2.05, 4.69) is 46.2 Å². The minimum absolute atomic E-state index is 0.183. The summed E-state index contributed by atoms with van der Waals surface area (Å²) in [5, 5.41) is 4.17. The minimum Gasteiger partial charge on any atom is -0.391 e. The Bertz CT molecular complexity index is 1110. The molecular formula is C23H22BrNO3S. The molecule has 0 saturated carbocycles. The number of nitrogens with zero attached hydrogens (tertiary/aromatic N) is 1. The summed E-state index contributed by atoms with van der Waals surface area (Å²) in [6.07, 6.45) is 1.19. The lowest BCUT2D eigenvalue weighted by atomic mass is 9.97. The number of oxime groups is 1. The Morgan fingerprint density at radius 3 is 2.31 bits per heavy atom. The Labute approximate surface area is 180 Å². The van der Waals surface area contributed by atoms with Crippen LogP contribution in [-0.4, -0.2) is 26.1 Å². The fourth-order valence-corrected chi connectivity index (χ4v) is 3.98. The van der Waals surface area contributed by atoms with Gasteiger partial charge in [0.1, 0.15) is 12.3 Å². The van der Waals surface area contributed by atoms with E-state index in [-0.39, 0.29) is 12.4 Å². The van der Waals surface area contributed by atoms with Gasteiger partial charge in [-0.15, -0.1) is 0 Å². The van der Waals surface area contributed by atoms with Crippen LogP contribution in [0.1, 0.15) is 16.7 Å². The first-order valence-electron chi connectivity index (χ1n) is 9.10. The van der Waals surface area contributed by atoms with Crippen molar-refractivity contribution < 1.29 is 13.3 Å². The van der Waals surface area contributed by atoms with E-state index >= 15 is 0 Å². The Balaban J connectivity index is 1.83. The minimum atomic E-state index is -3.25. The van der Waals surface area contributed by atoms with Crippen LogP contribution in [0.15, 0.2) is 82.4 Å². The van der Waals surface area contributed by atoms with E-state index in [0.717, 1.165) is 26.7 Å². The van der Waals surface area contributed by atoms with E-state index < -0.39 is 9.84 Å². The number of sulfone groups is 1. The molecule has 4 nitrogen and oxygen atoms in total. The molecule has 3 aromatic rings. The second-order valence-electron chi connectivity index (χ2n) is 6.84. The van der Waals surface area contributed by atoms with Gasteiger partial charge in [-0.3, -0.25) is 0 Å². The normalized spacial score (nSPS) is 12.0. The standard InChI is InChI=1S/C23H22BrNO3S/c1-17-20(9-6-10-22(17)18-7-4-3-5-8-18)15-28-25-23(16-29(2,26)27)19-11-13-21(24)14-12-19/h3-14H,15-16H2,1-2H3/b25-23+. The summed E-state index contributed by atoms with van der Waals surface area (Å²) in [6.45, 7) is 2.31. The number of hydrogen-bond acceptors (Lipinski definition) is 4. The zero-order valence-electron chi connectivity index (χ0n) is 16.3. The van der Waals surface area contributed by atoms with Crippen molar-refractivity contribution in [3.05, 3.63) is 94.0 Å². The van der Waals surface area contributed by atoms with Gasteiger partial charge in [-0.05, 0) is 41.3 Å². The molecule has 3 aromatic carbocycles. The highest BCUT2D eigenvalue weighted by molar-refractivity contribution is 9.10. The number of halogens is 1. The van der Waals surface area contributed by atoms with Crippen molar-refractivity contribution in [1.29, 1.82) is 0 Å². The quantitative estimate of drug-likeness (QED) is 0.342. The molecule has 0 heterocycles. The van der Waals surface area contributed by atoms with Crippen LogP contribution in [0, 0.1) is 6.92 Å². The molecule has 0 aliphatic heterocycles. The maximum absolute atomic E-state index is 11.8. The van der Waals surface area contributed by atoms with Gasteiger partial charge in [0.05, 0.1) is 5.75 Å². The van der Waals surface area contributed by atoms with Crippen LogP contribution in [0.5, 0.6) is 0 Å². The molecule has 0 aliphatic rings. The molecule has 0 aliphatic carbocycles. The Kier molecular flexibility index (Phi) is 6.87. The van der Waals surface area contributed by atoms with Crippen molar-refractivity contribution in [2.24, 2.45) is 5.16 Å². The van der Waals surface area contributed by atoms with E-state index in [4.69, 9.17) is 4.84 Å². The fourth-order valence-electron chi connectivity index (χ4n) is 3.00. The zero-order valence-corrected chi connectivity index (χ0v) is 18.7. The van der Waals surface area contributed by atoms with Gasteiger partial charge in [0, 0.05) is 16.3 Å². The van der Waals surface area contributed by atoms with Crippen molar-refractivity contribution in [3.63, 3.8) is 0 Å². The summed E-state index contributed by atoms with van der Waals surface area (Å²) in [6, 6.07) is 23.6. The first-order valence-corrected chi connectivity index (χ1v) is 12.0. The SMILES string of the molecule is Cc1c(CO/N=C(\CS(C)(=O)=O)c2ccc(Br)cc2)cccc1-c1ccccc1. The van der Waals surface area contributed by atoms with E-state index in [1.807, 2.05) is 54.6 Å². The molecule has 0 fully saturated rings. The average molecular weight is 472 g/mol. The van der Waals surface area contributed by atoms with Crippen molar-refractivity contribution in [3.8, 4) is 11.1 Å². The lowest BCUT2D eigenvalue weighted by Crippen LogP contribution is -2.16. The third kappa shape index (κ3) is 6.02. The second kappa shape index (κ2) is 9.37. The summed E-state index contributed by atoms with van der Waals surface area (Å²) < 4.78 is 24.6. The third-order valence-electron chi connectivity index (χ3n) is 4.50. The summed E-state index contributed by atoms with van der Waals surface area (Å²) in [4.78, 5) is 5.60. The maximum atomic E-state index is 11.8. The summed E-state index contributed by atoms with van der Waals surface area (Å²) in [5.74, 6) is -0.183. The van der Waals surface area contributed by atoms with Gasteiger partial charge in [0.15, 0.2) is 9.84 Å². The number of hydrogen-bond donors (Lipinski definition) is 0. The fraction of sp³-hybridized carbons (Fsp3) is 0.174. The van der Waals surface area contributed by atoms with Crippen LogP contribution >= 0.6 is 15.9 Å². The second-order valence-corrected chi connectivity index (χ2v) is 9.90. The molecule has 0 N–H and O–H groups in total. The van der Waals surface area contributed by atoms with E-state index in [1.165, 1.54) is 6.26 Å². The van der Waals surface area contributed by atoms with Crippen LogP contribution in [-0.2, 0) is 21.3 Å². The van der Waals surface area contributed by atoms with Crippen LogP contribution in [0.2, 0.25) is 0 Å². The van der Waals surface area contributed by atoms with Gasteiger partial charge in [0.25, 0.3) is 0 Å². The van der Waals surface area contributed by atoms with Crippen molar-refractivity contribution in [2.45, 2.75) is 13.5 Å². The first kappa shape index (κ1) is 21.3. The highest BCUT2D eigenvalue weighted by atomic mass is 79.9. The van der Waals surface area contributed by atoms with Gasteiger partial charge in [-0.25, -0.2) is 8.42 Å². The molecular weight excluding hydrogens is 450 g/mol. The lowest BCUT2D eigenvalue weighted by molar-refractivity contribution is 0.130. The molecule has 0 radical (unpaired) electrons. The summed E-state index contributed by atoms with van der Waals surface area (Å²) in [5.41, 5.74) is 5.50. The van der Waals surface area contributed by atoms with Crippen molar-refractivity contribution >= 4 is 31.5 Å². The molecule has 0 aromatic heterocycles. The Morgan fingerprint density at radius 2 is 1.66 bits per heavy atom. The molecule has 29 heavy (non-hydrogen) atoms. The van der Waals surface area contributed by atoms with Crippen LogP contribution in [0.25, 0.3) is 11.1 Å². The molecule has 0 saturated heterocycles. The van der Waals surface area contributed by atoms with Crippen molar-refractivity contribution in [1.82, 2.24) is 0 Å². The van der Waals surface area contributed by atoms with Crippen LogP contribution in [0.3, 0.4) is 0 Å². The number of benzene rings is 3. The molecule has 0 amide bonds. The maximum Gasteiger partial charge on any atom is 0.153 e. The van der Waals surface area contributed by atoms with Crippen molar-refractivity contribution in [2.75, 3.05) is 12.0 Å². The molecule has 0 bridgehead atoms. The topological polar surface area (TPSA) is 55.7 Å². The molecule has 0 unspecified atom stereocenters. The molecule has 0 spiro atoms.